The fraction of sp³-hybridized carbons (Fsp3) is 0.500. The fourth-order valence-electron chi connectivity index (χ4n) is 1.41. The molecule has 3 N–H and O–H groups in total. The lowest BCUT2D eigenvalue weighted by atomic mass is 10.2. The first kappa shape index (κ1) is 13.4. The summed E-state index contributed by atoms with van der Waals surface area (Å²) in [5.41, 5.74) is 6.49. The minimum Gasteiger partial charge on any atom is -0.496 e. The minimum absolute atomic E-state index is 0.322. The van der Waals surface area contributed by atoms with Crippen molar-refractivity contribution in [2.24, 2.45) is 5.73 Å². The normalized spacial score (nSPS) is 12.5. The van der Waals surface area contributed by atoms with Crippen molar-refractivity contribution in [2.75, 3.05) is 19.4 Å². The van der Waals surface area contributed by atoms with Gasteiger partial charge in [0.2, 0.25) is 0 Å². The predicted octanol–water partition coefficient (Wildman–Crippen LogP) is 1.81. The number of ether oxygens (including phenoxy) is 1. The smallest absolute Gasteiger partial charge is 0.121 e. The summed E-state index contributed by atoms with van der Waals surface area (Å²) in [4.78, 5) is 1.15. The molecule has 1 rings (SSSR count). The largest absolute Gasteiger partial charge is 0.496 e. The lowest BCUT2D eigenvalue weighted by Crippen LogP contribution is -2.15. The van der Waals surface area contributed by atoms with E-state index in [4.69, 9.17) is 10.5 Å². The van der Waals surface area contributed by atoms with Crippen LogP contribution in [0, 0.1) is 6.92 Å². The molecule has 1 aromatic rings. The van der Waals surface area contributed by atoms with Crippen LogP contribution in [0.3, 0.4) is 0 Å². The summed E-state index contributed by atoms with van der Waals surface area (Å²) in [6.45, 7) is 2.54. The van der Waals surface area contributed by atoms with Crippen LogP contribution in [0.15, 0.2) is 23.1 Å². The zero-order valence-electron chi connectivity index (χ0n) is 9.77. The highest BCUT2D eigenvalue weighted by atomic mass is 32.2. The van der Waals surface area contributed by atoms with Crippen LogP contribution in [0.1, 0.15) is 12.0 Å². The Labute approximate surface area is 101 Å². The van der Waals surface area contributed by atoms with Gasteiger partial charge < -0.3 is 15.6 Å². The van der Waals surface area contributed by atoms with Gasteiger partial charge in [0.25, 0.3) is 0 Å². The molecule has 0 aromatic heterocycles. The number of hydrogen-bond acceptors (Lipinski definition) is 4. The monoisotopic (exact) mass is 241 g/mol. The first-order chi connectivity index (χ1) is 7.67. The quantitative estimate of drug-likeness (QED) is 0.746. The fourth-order valence-corrected chi connectivity index (χ4v) is 2.38. The Balaban J connectivity index is 2.51. The summed E-state index contributed by atoms with van der Waals surface area (Å²) in [5, 5.41) is 9.56. The molecule has 1 atom stereocenters. The lowest BCUT2D eigenvalue weighted by molar-refractivity contribution is 0.192. The van der Waals surface area contributed by atoms with Crippen molar-refractivity contribution in [3.8, 4) is 5.75 Å². The van der Waals surface area contributed by atoms with Crippen molar-refractivity contribution >= 4 is 11.8 Å². The maximum Gasteiger partial charge on any atom is 0.121 e. The third-order valence-electron chi connectivity index (χ3n) is 2.31. The summed E-state index contributed by atoms with van der Waals surface area (Å²) < 4.78 is 5.19. The molecule has 0 aliphatic rings. The first-order valence-electron chi connectivity index (χ1n) is 5.33. The van der Waals surface area contributed by atoms with Crippen LogP contribution in [0.5, 0.6) is 5.75 Å². The van der Waals surface area contributed by atoms with Crippen LogP contribution in [0.4, 0.5) is 0 Å². The molecule has 0 aliphatic heterocycles. The van der Waals surface area contributed by atoms with Gasteiger partial charge in [-0.2, -0.15) is 0 Å². The Bertz CT molecular complexity index is 331. The van der Waals surface area contributed by atoms with Gasteiger partial charge in [-0.15, -0.1) is 11.8 Å². The van der Waals surface area contributed by atoms with Gasteiger partial charge in [0.05, 0.1) is 13.2 Å². The number of nitrogens with two attached hydrogens (primary N) is 1. The molecular weight excluding hydrogens is 222 g/mol. The van der Waals surface area contributed by atoms with Gasteiger partial charge in [-0.1, -0.05) is 0 Å². The molecule has 1 aromatic carbocycles. The summed E-state index contributed by atoms with van der Waals surface area (Å²) in [5.74, 6) is 1.58. The Kier molecular flexibility index (Phi) is 5.66. The van der Waals surface area contributed by atoms with Crippen LogP contribution in [0.2, 0.25) is 0 Å². The molecule has 3 nitrogen and oxygen atoms in total. The number of aliphatic hydroxyl groups excluding tert-OH is 1. The van der Waals surface area contributed by atoms with Gasteiger partial charge in [-0.05, 0) is 43.7 Å². The van der Waals surface area contributed by atoms with Crippen LogP contribution in [0.25, 0.3) is 0 Å². The number of benzene rings is 1. The SMILES string of the molecule is COc1ccc(SCC(O)CCN)cc1C. The van der Waals surface area contributed by atoms with Crippen LogP contribution >= 0.6 is 11.8 Å². The number of thioether (sulfide) groups is 1. The van der Waals surface area contributed by atoms with Crippen molar-refractivity contribution in [2.45, 2.75) is 24.3 Å². The number of methoxy groups -OCH3 is 1. The summed E-state index contributed by atoms with van der Waals surface area (Å²) in [6, 6.07) is 6.03. The summed E-state index contributed by atoms with van der Waals surface area (Å²) in [7, 11) is 1.67. The highest BCUT2D eigenvalue weighted by molar-refractivity contribution is 7.99. The summed E-state index contributed by atoms with van der Waals surface area (Å²) >= 11 is 1.64. The molecular formula is C12H19NO2S. The minimum atomic E-state index is -0.322. The Hall–Kier alpha value is -0.710. The Morgan fingerprint density at radius 1 is 1.50 bits per heavy atom. The molecule has 1 unspecified atom stereocenters. The topological polar surface area (TPSA) is 55.5 Å². The standard InChI is InChI=1S/C12H19NO2S/c1-9-7-11(3-4-12(9)15-2)16-8-10(14)5-6-13/h3-4,7,10,14H,5-6,8,13H2,1-2H3. The van der Waals surface area contributed by atoms with E-state index in [2.05, 4.69) is 6.07 Å². The van der Waals surface area contributed by atoms with E-state index in [0.29, 0.717) is 18.7 Å². The van der Waals surface area contributed by atoms with E-state index >= 15 is 0 Å². The molecule has 4 heteroatoms. The second-order valence-electron chi connectivity index (χ2n) is 3.67. The number of aliphatic hydroxyl groups is 1. The molecule has 0 radical (unpaired) electrons. The third kappa shape index (κ3) is 4.04. The number of rotatable bonds is 6. The van der Waals surface area contributed by atoms with Gasteiger partial charge >= 0.3 is 0 Å². The molecule has 0 amide bonds. The van der Waals surface area contributed by atoms with Crippen LogP contribution in [-0.4, -0.2) is 30.6 Å². The molecule has 16 heavy (non-hydrogen) atoms. The van der Waals surface area contributed by atoms with Crippen molar-refractivity contribution in [1.29, 1.82) is 0 Å². The molecule has 90 valence electrons. The van der Waals surface area contributed by atoms with E-state index in [1.165, 1.54) is 0 Å². The first-order valence-corrected chi connectivity index (χ1v) is 6.31. The van der Waals surface area contributed by atoms with Crippen molar-refractivity contribution in [3.63, 3.8) is 0 Å². The molecule has 0 bridgehead atoms. The predicted molar refractivity (Wildman–Crippen MR) is 68.1 cm³/mol. The maximum atomic E-state index is 9.56. The Morgan fingerprint density at radius 3 is 2.81 bits per heavy atom. The van der Waals surface area contributed by atoms with Crippen molar-refractivity contribution in [1.82, 2.24) is 0 Å². The maximum absolute atomic E-state index is 9.56. The van der Waals surface area contributed by atoms with Gasteiger partial charge in [0.15, 0.2) is 0 Å². The highest BCUT2D eigenvalue weighted by Gasteiger charge is 2.05. The molecule has 0 heterocycles. The number of hydrogen-bond donors (Lipinski definition) is 2. The average molecular weight is 241 g/mol. The van der Waals surface area contributed by atoms with Crippen molar-refractivity contribution < 1.29 is 9.84 Å². The lowest BCUT2D eigenvalue weighted by Gasteiger charge is -2.10. The zero-order chi connectivity index (χ0) is 12.0. The van der Waals surface area contributed by atoms with Crippen LogP contribution < -0.4 is 10.5 Å². The van der Waals surface area contributed by atoms with E-state index in [-0.39, 0.29) is 6.10 Å². The number of aryl methyl sites for hydroxylation is 1. The van der Waals surface area contributed by atoms with E-state index in [1.807, 2.05) is 19.1 Å². The molecule has 0 spiro atoms. The van der Waals surface area contributed by atoms with E-state index in [9.17, 15) is 5.11 Å². The van der Waals surface area contributed by atoms with Gasteiger partial charge in [-0.25, -0.2) is 0 Å². The third-order valence-corrected chi connectivity index (χ3v) is 3.45. The second kappa shape index (κ2) is 6.78. The molecule has 0 saturated carbocycles. The van der Waals surface area contributed by atoms with Gasteiger partial charge in [-0.3, -0.25) is 0 Å². The van der Waals surface area contributed by atoms with Gasteiger partial charge in [0, 0.05) is 10.6 Å². The van der Waals surface area contributed by atoms with Crippen molar-refractivity contribution in [3.05, 3.63) is 23.8 Å². The molecule has 0 saturated heterocycles. The summed E-state index contributed by atoms with van der Waals surface area (Å²) in [6.07, 6.45) is 0.333. The second-order valence-corrected chi connectivity index (χ2v) is 4.77. The van der Waals surface area contributed by atoms with Gasteiger partial charge in [0.1, 0.15) is 5.75 Å². The molecule has 0 aliphatic carbocycles. The zero-order valence-corrected chi connectivity index (χ0v) is 10.6. The Morgan fingerprint density at radius 2 is 2.25 bits per heavy atom. The van der Waals surface area contributed by atoms with E-state index < -0.39 is 0 Å². The van der Waals surface area contributed by atoms with Crippen LogP contribution in [-0.2, 0) is 0 Å². The molecule has 0 fully saturated rings. The van der Waals surface area contributed by atoms with E-state index in [0.717, 1.165) is 16.2 Å². The highest BCUT2D eigenvalue weighted by Crippen LogP contribution is 2.25. The average Bonchev–Trinajstić information content (AvgIpc) is 2.27. The van der Waals surface area contributed by atoms with E-state index in [1.54, 1.807) is 18.9 Å².